The van der Waals surface area contributed by atoms with Crippen LogP contribution in [0.15, 0.2) is 103 Å². The van der Waals surface area contributed by atoms with Gasteiger partial charge in [0.2, 0.25) is 0 Å². The number of hydrogen-bond donors (Lipinski definition) is 0. The van der Waals surface area contributed by atoms with E-state index < -0.39 is 0 Å². The standard InChI is InChI=1S/C33H27N3S/c1-22-16-17-26-28-19-30-27(20-32(28)37-31(26)18-22)25-14-8-9-15-29(25)35(30)36-33(24-12-6-3-7-13-24)34(36)21-23-10-4-2-5-11-23/h2-17,19-20,22,33H,18,21H2,1H3/t22?,33-,34-,36?/m1/s1. The topological polar surface area (TPSA) is 10.9 Å². The molecule has 6 aromatic rings. The fourth-order valence-electron chi connectivity index (χ4n) is 6.06. The van der Waals surface area contributed by atoms with Crippen LogP contribution in [-0.2, 0) is 13.0 Å². The van der Waals surface area contributed by atoms with Crippen molar-refractivity contribution in [3.8, 4) is 0 Å². The van der Waals surface area contributed by atoms with Crippen LogP contribution >= 0.6 is 11.3 Å². The van der Waals surface area contributed by atoms with Crippen LogP contribution in [0.4, 0.5) is 0 Å². The van der Waals surface area contributed by atoms with Gasteiger partial charge in [-0.3, -0.25) is 0 Å². The molecule has 2 aliphatic rings. The summed E-state index contributed by atoms with van der Waals surface area (Å²) >= 11 is 1.98. The van der Waals surface area contributed by atoms with Crippen molar-refractivity contribution in [1.29, 1.82) is 0 Å². The summed E-state index contributed by atoms with van der Waals surface area (Å²) in [6.45, 7) is 3.18. The molecule has 0 spiro atoms. The van der Waals surface area contributed by atoms with E-state index in [1.165, 1.54) is 53.5 Å². The van der Waals surface area contributed by atoms with Crippen molar-refractivity contribution in [3.63, 3.8) is 0 Å². The smallest absolute Gasteiger partial charge is 0.159 e. The van der Waals surface area contributed by atoms with Gasteiger partial charge in [0, 0.05) is 32.3 Å². The Morgan fingerprint density at radius 3 is 2.38 bits per heavy atom. The molecule has 180 valence electrons. The Bertz CT molecular complexity index is 1810. The van der Waals surface area contributed by atoms with Gasteiger partial charge in [-0.1, -0.05) is 97.9 Å². The zero-order valence-corrected chi connectivity index (χ0v) is 21.5. The van der Waals surface area contributed by atoms with Crippen LogP contribution in [-0.4, -0.2) is 9.69 Å². The molecule has 1 fully saturated rings. The first-order valence-corrected chi connectivity index (χ1v) is 13.9. The van der Waals surface area contributed by atoms with Gasteiger partial charge in [-0.15, -0.1) is 11.3 Å². The lowest BCUT2D eigenvalue weighted by molar-refractivity contribution is 0.471. The van der Waals surface area contributed by atoms with Crippen molar-refractivity contribution in [2.24, 2.45) is 5.92 Å². The molecule has 3 atom stereocenters. The van der Waals surface area contributed by atoms with Crippen molar-refractivity contribution in [2.75, 3.05) is 5.12 Å². The average molecular weight is 498 g/mol. The van der Waals surface area contributed by atoms with Gasteiger partial charge in [-0.2, -0.15) is 5.01 Å². The lowest BCUT2D eigenvalue weighted by atomic mass is 9.95. The van der Waals surface area contributed by atoms with Gasteiger partial charge < -0.3 is 0 Å². The molecule has 4 aromatic carbocycles. The summed E-state index contributed by atoms with van der Waals surface area (Å²) in [7, 11) is 0. The van der Waals surface area contributed by atoms with E-state index in [1.807, 2.05) is 11.3 Å². The molecule has 37 heavy (non-hydrogen) atoms. The summed E-state index contributed by atoms with van der Waals surface area (Å²) in [6, 6.07) is 35.4. The number of benzene rings is 4. The van der Waals surface area contributed by atoms with Crippen molar-refractivity contribution < 1.29 is 0 Å². The van der Waals surface area contributed by atoms with Gasteiger partial charge >= 0.3 is 0 Å². The van der Waals surface area contributed by atoms with Crippen molar-refractivity contribution in [1.82, 2.24) is 9.69 Å². The Labute approximate surface area is 220 Å². The summed E-state index contributed by atoms with van der Waals surface area (Å²) in [6.07, 6.45) is 6.05. The Morgan fingerprint density at radius 2 is 1.54 bits per heavy atom. The minimum Gasteiger partial charge on any atom is -0.240 e. The van der Waals surface area contributed by atoms with Gasteiger partial charge in [0.25, 0.3) is 0 Å². The second kappa shape index (κ2) is 8.07. The maximum Gasteiger partial charge on any atom is 0.159 e. The van der Waals surface area contributed by atoms with E-state index >= 15 is 0 Å². The molecule has 3 heterocycles. The van der Waals surface area contributed by atoms with Gasteiger partial charge in [0.1, 0.15) is 0 Å². The van der Waals surface area contributed by atoms with Gasteiger partial charge in [-0.05, 0) is 47.2 Å². The molecule has 0 radical (unpaired) electrons. The SMILES string of the molecule is CC1C=Cc2c(sc3cc4c5ccccc5n(N5[C@H](c6ccccc6)[N@@]5Cc5ccccc5)c4cc23)C1. The van der Waals surface area contributed by atoms with Crippen molar-refractivity contribution >= 4 is 49.3 Å². The molecule has 4 heteroatoms. The highest BCUT2D eigenvalue weighted by Crippen LogP contribution is 2.46. The number of rotatable bonds is 4. The Balaban J connectivity index is 1.35. The largest absolute Gasteiger partial charge is 0.240 e. The minimum atomic E-state index is 0.188. The van der Waals surface area contributed by atoms with Gasteiger partial charge in [-0.25, -0.2) is 9.79 Å². The summed E-state index contributed by atoms with van der Waals surface area (Å²) in [5.74, 6) is 0.611. The molecule has 2 aromatic heterocycles. The lowest BCUT2D eigenvalue weighted by Gasteiger charge is -2.12. The third kappa shape index (κ3) is 3.29. The number of fused-ring (bicyclic) bond motifs is 6. The molecule has 0 bridgehead atoms. The summed E-state index contributed by atoms with van der Waals surface area (Å²) in [5.41, 5.74) is 6.58. The molecule has 1 aliphatic carbocycles. The molecule has 1 unspecified atom stereocenters. The molecule has 8 rings (SSSR count). The highest BCUT2D eigenvalue weighted by Gasteiger charge is 2.48. The van der Waals surface area contributed by atoms with E-state index in [0.717, 1.165) is 13.0 Å². The van der Waals surface area contributed by atoms with Crippen LogP contribution in [0.5, 0.6) is 0 Å². The molecule has 0 saturated carbocycles. The maximum absolute atomic E-state index is 2.48. The number of aromatic nitrogens is 1. The highest BCUT2D eigenvalue weighted by atomic mass is 32.1. The second-order valence-corrected chi connectivity index (χ2v) is 11.5. The quantitative estimate of drug-likeness (QED) is 0.227. The predicted molar refractivity (Wildman–Crippen MR) is 156 cm³/mol. The first kappa shape index (κ1) is 21.2. The molecule has 1 aliphatic heterocycles. The van der Waals surface area contributed by atoms with E-state index in [2.05, 4.69) is 131 Å². The van der Waals surface area contributed by atoms with Gasteiger partial charge in [0.05, 0.1) is 11.0 Å². The molecule has 1 saturated heterocycles. The second-order valence-electron chi connectivity index (χ2n) is 10.4. The zero-order valence-electron chi connectivity index (χ0n) is 20.7. The third-order valence-corrected chi connectivity index (χ3v) is 9.06. The Hall–Kier alpha value is -3.86. The number of hydrogen-bond acceptors (Lipinski definition) is 3. The summed E-state index contributed by atoms with van der Waals surface area (Å²) < 4.78 is 3.86. The van der Waals surface area contributed by atoms with E-state index in [1.54, 1.807) is 0 Å². The number of thiophene rings is 1. The zero-order chi connectivity index (χ0) is 24.5. The number of para-hydroxylation sites is 1. The van der Waals surface area contributed by atoms with E-state index in [0.29, 0.717) is 5.92 Å². The normalized spacial score (nSPS) is 20.7. The lowest BCUT2D eigenvalue weighted by Crippen LogP contribution is -2.18. The minimum absolute atomic E-state index is 0.188. The monoisotopic (exact) mass is 497 g/mol. The van der Waals surface area contributed by atoms with Crippen molar-refractivity contribution in [3.05, 3.63) is 125 Å². The van der Waals surface area contributed by atoms with Crippen LogP contribution in [0.3, 0.4) is 0 Å². The molecular formula is C33H27N3S. The molecule has 3 nitrogen and oxygen atoms in total. The van der Waals surface area contributed by atoms with Crippen LogP contribution in [0.25, 0.3) is 38.0 Å². The van der Waals surface area contributed by atoms with E-state index in [4.69, 9.17) is 0 Å². The fraction of sp³-hybridized carbons (Fsp3) is 0.152. The number of hydrazine groups is 1. The Kier molecular flexibility index (Phi) is 4.63. The maximum atomic E-state index is 2.48. The first-order chi connectivity index (χ1) is 18.3. The van der Waals surface area contributed by atoms with Crippen LogP contribution in [0, 0.1) is 5.92 Å². The number of nitrogens with zero attached hydrogens (tertiary/aromatic N) is 3. The molecular weight excluding hydrogens is 470 g/mol. The number of allylic oxidation sites excluding steroid dienone is 1. The predicted octanol–water partition coefficient (Wildman–Crippen LogP) is 8.28. The third-order valence-electron chi connectivity index (χ3n) is 7.87. The van der Waals surface area contributed by atoms with Crippen molar-refractivity contribution in [2.45, 2.75) is 26.1 Å². The summed E-state index contributed by atoms with van der Waals surface area (Å²) in [5, 5.41) is 8.96. The first-order valence-electron chi connectivity index (χ1n) is 13.1. The molecule has 0 amide bonds. The van der Waals surface area contributed by atoms with E-state index in [-0.39, 0.29) is 6.17 Å². The Morgan fingerprint density at radius 1 is 0.784 bits per heavy atom. The fourth-order valence-corrected chi connectivity index (χ4v) is 7.42. The highest BCUT2D eigenvalue weighted by molar-refractivity contribution is 7.19. The van der Waals surface area contributed by atoms with Crippen LogP contribution < -0.4 is 5.12 Å². The molecule has 0 N–H and O–H groups in total. The van der Waals surface area contributed by atoms with E-state index in [9.17, 15) is 0 Å². The average Bonchev–Trinajstić information content (AvgIpc) is 3.36. The van der Waals surface area contributed by atoms with Gasteiger partial charge in [0.15, 0.2) is 6.17 Å². The van der Waals surface area contributed by atoms with Crippen LogP contribution in [0.2, 0.25) is 0 Å². The van der Waals surface area contributed by atoms with Crippen LogP contribution in [0.1, 0.15) is 34.7 Å². The summed E-state index contributed by atoms with van der Waals surface area (Å²) in [4.78, 5) is 1.52.